The molecule has 4 rings (SSSR count). The zero-order valence-corrected chi connectivity index (χ0v) is 18.5. The molecule has 31 heavy (non-hydrogen) atoms. The van der Waals surface area contributed by atoms with E-state index in [1.807, 2.05) is 12.1 Å². The van der Waals surface area contributed by atoms with Gasteiger partial charge in [-0.05, 0) is 43.2 Å². The van der Waals surface area contributed by atoms with Crippen LogP contribution in [0.25, 0.3) is 0 Å². The maximum absolute atomic E-state index is 12.8. The van der Waals surface area contributed by atoms with Crippen molar-refractivity contribution in [1.29, 1.82) is 0 Å². The lowest BCUT2D eigenvalue weighted by molar-refractivity contribution is 0.0954. The lowest BCUT2D eigenvalue weighted by atomic mass is 9.78. The van der Waals surface area contributed by atoms with Crippen LogP contribution in [0.15, 0.2) is 47.6 Å². The second-order valence-electron chi connectivity index (χ2n) is 7.99. The van der Waals surface area contributed by atoms with Gasteiger partial charge in [0.05, 0.1) is 12.1 Å². The summed E-state index contributed by atoms with van der Waals surface area (Å²) in [5, 5.41) is 8.65. The summed E-state index contributed by atoms with van der Waals surface area (Å²) in [6.45, 7) is 1.15. The van der Waals surface area contributed by atoms with Gasteiger partial charge in [0.25, 0.3) is 5.91 Å². The van der Waals surface area contributed by atoms with Crippen molar-refractivity contribution in [3.8, 4) is 11.5 Å². The molecule has 2 aliphatic rings. The number of nitrogens with one attached hydrogen (secondary N) is 2. The van der Waals surface area contributed by atoms with E-state index in [4.69, 9.17) is 21.1 Å². The van der Waals surface area contributed by atoms with Gasteiger partial charge in [0, 0.05) is 41.8 Å². The Morgan fingerprint density at radius 2 is 2.03 bits per heavy atom. The number of hydrogen-bond acceptors (Lipinski definition) is 5. The van der Waals surface area contributed by atoms with Gasteiger partial charge in [-0.15, -0.1) is 0 Å². The van der Waals surface area contributed by atoms with Crippen LogP contribution in [0.1, 0.15) is 48.0 Å². The van der Waals surface area contributed by atoms with Gasteiger partial charge < -0.3 is 14.8 Å². The quantitative estimate of drug-likeness (QED) is 0.644. The number of amides is 1. The first kappa shape index (κ1) is 21.7. The zero-order chi connectivity index (χ0) is 21.6. The minimum Gasteiger partial charge on any atom is -0.496 e. The average molecular weight is 442 g/mol. The van der Waals surface area contributed by atoms with Crippen LogP contribution in [-0.4, -0.2) is 31.3 Å². The maximum Gasteiger partial charge on any atom is 0.271 e. The molecular formula is C24H28ClN3O3. The Bertz CT molecular complexity index is 961. The molecular weight excluding hydrogens is 414 g/mol. The molecule has 0 radical (unpaired) electrons. The van der Waals surface area contributed by atoms with Crippen LogP contribution in [-0.2, 0) is 6.61 Å². The molecule has 2 aromatic carbocycles. The van der Waals surface area contributed by atoms with Crippen molar-refractivity contribution in [2.45, 2.75) is 44.8 Å². The number of hydrogen-bond donors (Lipinski definition) is 2. The molecule has 0 bridgehead atoms. The van der Waals surface area contributed by atoms with Gasteiger partial charge in [-0.2, -0.15) is 5.10 Å². The van der Waals surface area contributed by atoms with Crippen molar-refractivity contribution in [2.75, 3.05) is 13.7 Å². The van der Waals surface area contributed by atoms with Gasteiger partial charge in [-0.25, -0.2) is 5.43 Å². The first-order valence-corrected chi connectivity index (χ1v) is 11.2. The van der Waals surface area contributed by atoms with Crippen LogP contribution in [0.5, 0.6) is 11.5 Å². The highest BCUT2D eigenvalue weighted by atomic mass is 35.5. The third kappa shape index (κ3) is 5.20. The number of carbonyl (C=O) groups is 1. The van der Waals surface area contributed by atoms with Crippen molar-refractivity contribution < 1.29 is 14.3 Å². The maximum atomic E-state index is 12.8. The van der Waals surface area contributed by atoms with E-state index in [0.29, 0.717) is 34.0 Å². The normalized spacial score (nSPS) is 21.9. The molecule has 2 fully saturated rings. The summed E-state index contributed by atoms with van der Waals surface area (Å²) in [4.78, 5) is 12.8. The molecule has 7 heteroatoms. The SMILES string of the molecule is COc1ccc(C(=O)N/N=C2/CCN[C@H]3CCCC[C@H]23)cc1COc1ccccc1Cl. The van der Waals surface area contributed by atoms with Crippen LogP contribution in [0.4, 0.5) is 0 Å². The Kier molecular flexibility index (Phi) is 7.10. The molecule has 1 saturated heterocycles. The summed E-state index contributed by atoms with van der Waals surface area (Å²) in [6.07, 6.45) is 5.69. The molecule has 0 spiro atoms. The van der Waals surface area contributed by atoms with Crippen molar-refractivity contribution in [1.82, 2.24) is 10.7 Å². The third-order valence-electron chi connectivity index (χ3n) is 6.05. The van der Waals surface area contributed by atoms with E-state index in [-0.39, 0.29) is 12.5 Å². The second kappa shape index (κ2) is 10.2. The van der Waals surface area contributed by atoms with Crippen molar-refractivity contribution in [3.63, 3.8) is 0 Å². The number of ether oxygens (including phenoxy) is 2. The monoisotopic (exact) mass is 441 g/mol. The van der Waals surface area contributed by atoms with Gasteiger partial charge >= 0.3 is 0 Å². The molecule has 2 N–H and O–H groups in total. The van der Waals surface area contributed by atoms with Gasteiger partial charge in [0.2, 0.25) is 0 Å². The van der Waals surface area contributed by atoms with Crippen molar-refractivity contribution in [3.05, 3.63) is 58.6 Å². The van der Waals surface area contributed by atoms with Crippen LogP contribution in [0.3, 0.4) is 0 Å². The van der Waals surface area contributed by atoms with E-state index in [1.54, 1.807) is 37.4 Å². The number of nitrogens with zero attached hydrogens (tertiary/aromatic N) is 1. The largest absolute Gasteiger partial charge is 0.496 e. The summed E-state index contributed by atoms with van der Waals surface area (Å²) >= 11 is 6.17. The third-order valence-corrected chi connectivity index (χ3v) is 6.36. The highest BCUT2D eigenvalue weighted by Crippen LogP contribution is 2.29. The molecule has 0 unspecified atom stereocenters. The van der Waals surface area contributed by atoms with E-state index in [9.17, 15) is 4.79 Å². The fourth-order valence-corrected chi connectivity index (χ4v) is 4.61. The molecule has 1 amide bonds. The summed E-state index contributed by atoms with van der Waals surface area (Å²) < 4.78 is 11.3. The number of halogens is 1. The highest BCUT2D eigenvalue weighted by molar-refractivity contribution is 6.32. The molecule has 6 nitrogen and oxygen atoms in total. The van der Waals surface area contributed by atoms with Gasteiger partial charge in [0.15, 0.2) is 0 Å². The topological polar surface area (TPSA) is 72.0 Å². The summed E-state index contributed by atoms with van der Waals surface area (Å²) in [6, 6.07) is 13.1. The summed E-state index contributed by atoms with van der Waals surface area (Å²) in [7, 11) is 1.59. The Balaban J connectivity index is 1.45. The molecule has 164 valence electrons. The molecule has 0 aromatic heterocycles. The van der Waals surface area contributed by atoms with Gasteiger partial charge in [-0.3, -0.25) is 4.79 Å². The number of benzene rings is 2. The van der Waals surface area contributed by atoms with E-state index in [0.717, 1.165) is 30.7 Å². The number of rotatable bonds is 6. The smallest absolute Gasteiger partial charge is 0.271 e. The zero-order valence-electron chi connectivity index (χ0n) is 17.7. The Morgan fingerprint density at radius 1 is 1.19 bits per heavy atom. The van der Waals surface area contributed by atoms with Crippen LogP contribution in [0, 0.1) is 5.92 Å². The molecule has 1 heterocycles. The summed E-state index contributed by atoms with van der Waals surface area (Å²) in [5.74, 6) is 1.43. The van der Waals surface area contributed by atoms with Gasteiger partial charge in [0.1, 0.15) is 18.1 Å². The predicted molar refractivity (Wildman–Crippen MR) is 122 cm³/mol. The fraction of sp³-hybridized carbons (Fsp3) is 0.417. The van der Waals surface area contributed by atoms with Crippen molar-refractivity contribution in [2.24, 2.45) is 11.0 Å². The number of piperidine rings is 1. The molecule has 2 atom stereocenters. The van der Waals surface area contributed by atoms with Crippen LogP contribution >= 0.6 is 11.6 Å². The van der Waals surface area contributed by atoms with Crippen molar-refractivity contribution >= 4 is 23.2 Å². The number of carbonyl (C=O) groups excluding carboxylic acids is 1. The molecule has 1 saturated carbocycles. The lowest BCUT2D eigenvalue weighted by Gasteiger charge is -2.37. The number of para-hydroxylation sites is 1. The Labute approximate surface area is 188 Å². The Hall–Kier alpha value is -2.57. The minimum atomic E-state index is -0.236. The highest BCUT2D eigenvalue weighted by Gasteiger charge is 2.32. The average Bonchev–Trinajstić information content (AvgIpc) is 2.81. The van der Waals surface area contributed by atoms with Gasteiger partial charge in [-0.1, -0.05) is 36.6 Å². The Morgan fingerprint density at radius 3 is 2.87 bits per heavy atom. The van der Waals surface area contributed by atoms with E-state index >= 15 is 0 Å². The van der Waals surface area contributed by atoms with E-state index < -0.39 is 0 Å². The molecule has 2 aromatic rings. The fourth-order valence-electron chi connectivity index (χ4n) is 4.42. The predicted octanol–water partition coefficient (Wildman–Crippen LogP) is 4.57. The van der Waals surface area contributed by atoms with E-state index in [2.05, 4.69) is 15.8 Å². The van der Waals surface area contributed by atoms with Crippen LogP contribution in [0.2, 0.25) is 5.02 Å². The number of hydrazone groups is 1. The van der Waals surface area contributed by atoms with Crippen LogP contribution < -0.4 is 20.2 Å². The second-order valence-corrected chi connectivity index (χ2v) is 8.40. The first-order valence-electron chi connectivity index (χ1n) is 10.8. The lowest BCUT2D eigenvalue weighted by Crippen LogP contribution is -2.48. The number of methoxy groups -OCH3 is 1. The number of fused-ring (bicyclic) bond motifs is 1. The molecule has 1 aliphatic heterocycles. The standard InChI is InChI=1S/C24H28ClN3O3/c1-30-22-11-10-16(14-17(22)15-31-23-9-5-3-7-19(23)25)24(29)28-27-21-12-13-26-20-8-4-2-6-18(20)21/h3,5,7,9-11,14,18,20,26H,2,4,6,8,12-13,15H2,1H3,(H,28,29)/b27-21-/t18-,20-/m0/s1. The summed E-state index contributed by atoms with van der Waals surface area (Å²) in [5.41, 5.74) is 5.14. The first-order chi connectivity index (χ1) is 15.2. The molecule has 1 aliphatic carbocycles. The van der Waals surface area contributed by atoms with E-state index in [1.165, 1.54) is 19.3 Å². The minimum absolute atomic E-state index is 0.234.